The molecule has 1 aromatic carbocycles. The number of nitrogens with zero attached hydrogens (tertiary/aromatic N) is 4. The van der Waals surface area contributed by atoms with Gasteiger partial charge >= 0.3 is 0 Å². The number of hydrogen-bond donors (Lipinski definition) is 1. The van der Waals surface area contributed by atoms with Crippen molar-refractivity contribution in [2.24, 2.45) is 0 Å². The number of amides is 1. The van der Waals surface area contributed by atoms with Gasteiger partial charge in [-0.15, -0.1) is 0 Å². The van der Waals surface area contributed by atoms with E-state index in [4.69, 9.17) is 9.26 Å². The summed E-state index contributed by atoms with van der Waals surface area (Å²) in [4.78, 5) is 26.7. The molecular weight excluding hydrogens is 334 g/mol. The predicted octanol–water partition coefficient (Wildman–Crippen LogP) is 2.10. The average Bonchev–Trinajstić information content (AvgIpc) is 3.26. The summed E-state index contributed by atoms with van der Waals surface area (Å²) in [5, 5.41) is 3.82. The van der Waals surface area contributed by atoms with E-state index in [1.165, 1.54) is 0 Å². The van der Waals surface area contributed by atoms with Crippen molar-refractivity contribution in [1.29, 1.82) is 0 Å². The number of imidazole rings is 1. The molecule has 1 unspecified atom stereocenters. The van der Waals surface area contributed by atoms with Gasteiger partial charge in [-0.2, -0.15) is 4.98 Å². The van der Waals surface area contributed by atoms with Crippen molar-refractivity contribution in [1.82, 2.24) is 25.0 Å². The zero-order valence-electron chi connectivity index (χ0n) is 14.9. The molecular formula is C18H21N5O3. The van der Waals surface area contributed by atoms with E-state index in [0.29, 0.717) is 44.3 Å². The number of carbonyl (C=O) groups is 1. The molecule has 26 heavy (non-hydrogen) atoms. The van der Waals surface area contributed by atoms with Gasteiger partial charge in [0, 0.05) is 19.4 Å². The lowest BCUT2D eigenvalue weighted by molar-refractivity contribution is -0.141. The predicted molar refractivity (Wildman–Crippen MR) is 93.5 cm³/mol. The number of aromatic amines is 1. The minimum absolute atomic E-state index is 0.0336. The summed E-state index contributed by atoms with van der Waals surface area (Å²) in [5.74, 6) is 1.83. The zero-order chi connectivity index (χ0) is 18.1. The van der Waals surface area contributed by atoms with Crippen LogP contribution in [0.5, 0.6) is 0 Å². The second-order valence-electron chi connectivity index (χ2n) is 6.51. The molecule has 1 aliphatic heterocycles. The van der Waals surface area contributed by atoms with E-state index < -0.39 is 0 Å². The Bertz CT molecular complexity index is 932. The van der Waals surface area contributed by atoms with Crippen LogP contribution in [0.3, 0.4) is 0 Å². The van der Waals surface area contributed by atoms with E-state index in [-0.39, 0.29) is 11.9 Å². The standard InChI is InChI=1S/C18H21N5O3/c1-11-4-3-5-13-17(11)21-15(20-13)6-7-16(24)23-8-9-25-10-14(23)18-19-12(2)22-26-18/h3-5,14H,6-10H2,1-2H3,(H,20,21). The van der Waals surface area contributed by atoms with Gasteiger partial charge in [-0.25, -0.2) is 4.98 Å². The third-order valence-electron chi connectivity index (χ3n) is 4.62. The summed E-state index contributed by atoms with van der Waals surface area (Å²) in [6.45, 7) is 5.19. The van der Waals surface area contributed by atoms with E-state index in [2.05, 4.69) is 20.1 Å². The van der Waals surface area contributed by atoms with E-state index in [9.17, 15) is 4.79 Å². The molecule has 1 atom stereocenters. The Morgan fingerprint density at radius 2 is 2.23 bits per heavy atom. The van der Waals surface area contributed by atoms with Crippen molar-refractivity contribution in [2.75, 3.05) is 19.8 Å². The first-order valence-electron chi connectivity index (χ1n) is 8.73. The molecule has 2 aromatic heterocycles. The Hall–Kier alpha value is -2.74. The molecule has 8 heteroatoms. The lowest BCUT2D eigenvalue weighted by Crippen LogP contribution is -2.43. The fourth-order valence-corrected chi connectivity index (χ4v) is 3.27. The molecule has 8 nitrogen and oxygen atoms in total. The molecule has 136 valence electrons. The van der Waals surface area contributed by atoms with E-state index in [0.717, 1.165) is 22.4 Å². The molecule has 1 aliphatic rings. The first-order valence-corrected chi connectivity index (χ1v) is 8.73. The lowest BCUT2D eigenvalue weighted by Gasteiger charge is -2.33. The fraction of sp³-hybridized carbons (Fsp3) is 0.444. The molecule has 0 bridgehead atoms. The van der Waals surface area contributed by atoms with Crippen LogP contribution in [0.4, 0.5) is 0 Å². The lowest BCUT2D eigenvalue weighted by atomic mass is 10.2. The summed E-state index contributed by atoms with van der Waals surface area (Å²) in [6, 6.07) is 5.70. The Morgan fingerprint density at radius 1 is 1.35 bits per heavy atom. The zero-order valence-corrected chi connectivity index (χ0v) is 14.9. The Labute approximate surface area is 150 Å². The maximum atomic E-state index is 12.8. The molecule has 1 saturated heterocycles. The number of fused-ring (bicyclic) bond motifs is 1. The van der Waals surface area contributed by atoms with Crippen LogP contribution in [-0.2, 0) is 16.0 Å². The number of carbonyl (C=O) groups excluding carboxylic acids is 1. The van der Waals surface area contributed by atoms with Crippen LogP contribution >= 0.6 is 0 Å². The second kappa shape index (κ2) is 6.87. The first-order chi connectivity index (χ1) is 12.6. The van der Waals surface area contributed by atoms with Gasteiger partial charge in [0.2, 0.25) is 5.91 Å². The quantitative estimate of drug-likeness (QED) is 0.770. The van der Waals surface area contributed by atoms with Gasteiger partial charge in [0.15, 0.2) is 5.82 Å². The van der Waals surface area contributed by atoms with Crippen molar-refractivity contribution in [3.63, 3.8) is 0 Å². The normalized spacial score (nSPS) is 17.8. The SMILES string of the molecule is Cc1noc(C2COCCN2C(=O)CCc2nc3c(C)cccc3[nH]2)n1. The van der Waals surface area contributed by atoms with E-state index >= 15 is 0 Å². The van der Waals surface area contributed by atoms with Crippen LogP contribution < -0.4 is 0 Å². The van der Waals surface area contributed by atoms with Gasteiger partial charge in [0.05, 0.1) is 24.2 Å². The summed E-state index contributed by atoms with van der Waals surface area (Å²) >= 11 is 0. The molecule has 4 rings (SSSR count). The van der Waals surface area contributed by atoms with E-state index in [1.807, 2.05) is 25.1 Å². The second-order valence-corrected chi connectivity index (χ2v) is 6.51. The van der Waals surface area contributed by atoms with Crippen molar-refractivity contribution in [2.45, 2.75) is 32.7 Å². The molecule has 1 amide bonds. The molecule has 0 saturated carbocycles. The van der Waals surface area contributed by atoms with Gasteiger partial charge in [0.25, 0.3) is 5.89 Å². The van der Waals surface area contributed by atoms with Crippen molar-refractivity contribution >= 4 is 16.9 Å². The van der Waals surface area contributed by atoms with E-state index in [1.54, 1.807) is 11.8 Å². The number of nitrogens with one attached hydrogen (secondary N) is 1. The van der Waals surface area contributed by atoms with Crippen LogP contribution in [0.1, 0.15) is 35.6 Å². The van der Waals surface area contributed by atoms with Gasteiger partial charge in [-0.1, -0.05) is 17.3 Å². The van der Waals surface area contributed by atoms with Crippen molar-refractivity contribution < 1.29 is 14.1 Å². The monoisotopic (exact) mass is 355 g/mol. The topological polar surface area (TPSA) is 97.1 Å². The highest BCUT2D eigenvalue weighted by Crippen LogP contribution is 2.24. The fourth-order valence-electron chi connectivity index (χ4n) is 3.27. The largest absolute Gasteiger partial charge is 0.377 e. The number of aryl methyl sites for hydroxylation is 3. The van der Waals surface area contributed by atoms with Crippen LogP contribution in [-0.4, -0.2) is 50.7 Å². The number of morpholine rings is 1. The minimum Gasteiger partial charge on any atom is -0.377 e. The number of H-pyrrole nitrogens is 1. The molecule has 0 aliphatic carbocycles. The third-order valence-corrected chi connectivity index (χ3v) is 4.62. The number of benzene rings is 1. The smallest absolute Gasteiger partial charge is 0.251 e. The summed E-state index contributed by atoms with van der Waals surface area (Å²) in [6.07, 6.45) is 0.919. The molecule has 1 N–H and O–H groups in total. The maximum Gasteiger partial charge on any atom is 0.251 e. The molecule has 0 spiro atoms. The van der Waals surface area contributed by atoms with Crippen LogP contribution in [0.15, 0.2) is 22.7 Å². The van der Waals surface area contributed by atoms with Crippen molar-refractivity contribution in [3.8, 4) is 0 Å². The number of aromatic nitrogens is 4. The van der Waals surface area contributed by atoms with Crippen LogP contribution in [0.2, 0.25) is 0 Å². The highest BCUT2D eigenvalue weighted by atomic mass is 16.5. The minimum atomic E-state index is -0.324. The van der Waals surface area contributed by atoms with Crippen LogP contribution in [0, 0.1) is 13.8 Å². The molecule has 3 aromatic rings. The number of ether oxygens (including phenoxy) is 1. The van der Waals surface area contributed by atoms with Gasteiger partial charge in [0.1, 0.15) is 11.9 Å². The Morgan fingerprint density at radius 3 is 3.00 bits per heavy atom. The maximum absolute atomic E-state index is 12.8. The average molecular weight is 355 g/mol. The number of rotatable bonds is 4. The Kier molecular flexibility index (Phi) is 4.42. The number of para-hydroxylation sites is 1. The van der Waals surface area contributed by atoms with Crippen LogP contribution in [0.25, 0.3) is 11.0 Å². The van der Waals surface area contributed by atoms with Gasteiger partial charge in [-0.3, -0.25) is 4.79 Å². The van der Waals surface area contributed by atoms with Crippen molar-refractivity contribution in [3.05, 3.63) is 41.3 Å². The van der Waals surface area contributed by atoms with Gasteiger partial charge in [-0.05, 0) is 25.5 Å². The third kappa shape index (κ3) is 3.20. The molecule has 1 fully saturated rings. The Balaban J connectivity index is 1.46. The first kappa shape index (κ1) is 16.7. The summed E-state index contributed by atoms with van der Waals surface area (Å²) in [5.41, 5.74) is 3.08. The highest BCUT2D eigenvalue weighted by Gasteiger charge is 2.32. The summed E-state index contributed by atoms with van der Waals surface area (Å²) < 4.78 is 10.7. The van der Waals surface area contributed by atoms with Gasteiger partial charge < -0.3 is 19.1 Å². The molecule has 3 heterocycles. The molecule has 0 radical (unpaired) electrons. The number of hydrogen-bond acceptors (Lipinski definition) is 6. The highest BCUT2D eigenvalue weighted by molar-refractivity contribution is 5.79. The summed E-state index contributed by atoms with van der Waals surface area (Å²) in [7, 11) is 0.